The number of nitriles is 1. The summed E-state index contributed by atoms with van der Waals surface area (Å²) in [6.45, 7) is 2.54. The molecular formula is C21H19N3OS. The van der Waals surface area contributed by atoms with Gasteiger partial charge in [0.2, 0.25) is 5.91 Å². The number of aryl methyl sites for hydroxylation is 1. The van der Waals surface area contributed by atoms with Gasteiger partial charge < -0.3 is 4.90 Å². The van der Waals surface area contributed by atoms with Crippen molar-refractivity contribution in [2.45, 2.75) is 19.3 Å². The number of anilines is 1. The quantitative estimate of drug-likeness (QED) is 0.804. The summed E-state index contributed by atoms with van der Waals surface area (Å²) >= 11 is 1.58. The van der Waals surface area contributed by atoms with Crippen molar-refractivity contribution < 1.29 is 4.79 Å². The van der Waals surface area contributed by atoms with E-state index < -0.39 is 0 Å². The fourth-order valence-corrected chi connectivity index (χ4v) is 4.62. The molecule has 0 aliphatic carbocycles. The number of para-hydroxylation sites is 1. The van der Waals surface area contributed by atoms with Crippen molar-refractivity contribution in [1.29, 1.82) is 5.26 Å². The van der Waals surface area contributed by atoms with Crippen LogP contribution in [-0.4, -0.2) is 23.4 Å². The number of carbonyl (C=O) groups excluding carboxylic acids is 1. The molecule has 2 aromatic rings. The van der Waals surface area contributed by atoms with Crippen LogP contribution in [0.15, 0.2) is 65.2 Å². The SMILES string of the molecule is Cc1ccc([C@@H]2CC(=O)N3CN(c4ccccc4)CSC3=C2C#N)cc1. The molecule has 1 saturated heterocycles. The number of benzene rings is 2. The lowest BCUT2D eigenvalue weighted by atomic mass is 9.86. The number of allylic oxidation sites excluding steroid dienone is 1. The zero-order chi connectivity index (χ0) is 18.1. The minimum atomic E-state index is -0.143. The molecule has 26 heavy (non-hydrogen) atoms. The monoisotopic (exact) mass is 361 g/mol. The van der Waals surface area contributed by atoms with E-state index in [1.54, 1.807) is 16.7 Å². The molecule has 0 unspecified atom stereocenters. The summed E-state index contributed by atoms with van der Waals surface area (Å²) in [5.41, 5.74) is 4.02. The second-order valence-electron chi connectivity index (χ2n) is 6.61. The molecule has 1 fully saturated rings. The number of rotatable bonds is 2. The van der Waals surface area contributed by atoms with Gasteiger partial charge in [-0.3, -0.25) is 9.69 Å². The highest BCUT2D eigenvalue weighted by molar-refractivity contribution is 8.03. The summed E-state index contributed by atoms with van der Waals surface area (Å²) in [5, 5.41) is 10.6. The van der Waals surface area contributed by atoms with Crippen molar-refractivity contribution in [1.82, 2.24) is 4.90 Å². The number of thioether (sulfide) groups is 1. The van der Waals surface area contributed by atoms with E-state index in [0.717, 1.165) is 22.2 Å². The number of hydrogen-bond donors (Lipinski definition) is 0. The highest BCUT2D eigenvalue weighted by Gasteiger charge is 2.38. The third kappa shape index (κ3) is 2.97. The standard InChI is InChI=1S/C21H19N3OS/c1-15-7-9-16(10-8-15)18-11-20(25)24-13-23(17-5-3-2-4-6-17)14-26-21(24)19(18)12-22/h2-10,18H,11,13-14H2,1H3/t18-/m0/s1. The molecule has 0 bridgehead atoms. The minimum Gasteiger partial charge on any atom is -0.344 e. The molecule has 0 N–H and O–H groups in total. The molecule has 0 radical (unpaired) electrons. The Labute approximate surface area is 157 Å². The Hall–Kier alpha value is -2.71. The van der Waals surface area contributed by atoms with Crippen molar-refractivity contribution in [3.63, 3.8) is 0 Å². The van der Waals surface area contributed by atoms with Crippen LogP contribution in [0.25, 0.3) is 0 Å². The summed E-state index contributed by atoms with van der Waals surface area (Å²) in [7, 11) is 0. The highest BCUT2D eigenvalue weighted by Crippen LogP contribution is 2.43. The Bertz CT molecular complexity index is 899. The third-order valence-corrected chi connectivity index (χ3v) is 6.05. The molecule has 130 valence electrons. The highest BCUT2D eigenvalue weighted by atomic mass is 32.2. The molecule has 4 rings (SSSR count). The number of carbonyl (C=O) groups is 1. The molecule has 0 aromatic heterocycles. The first-order chi connectivity index (χ1) is 12.7. The van der Waals surface area contributed by atoms with Crippen molar-refractivity contribution in [3.05, 3.63) is 76.3 Å². The second kappa shape index (κ2) is 6.89. The minimum absolute atomic E-state index is 0.0812. The van der Waals surface area contributed by atoms with Crippen LogP contribution in [0.4, 0.5) is 5.69 Å². The first-order valence-corrected chi connectivity index (χ1v) is 9.60. The summed E-state index contributed by atoms with van der Waals surface area (Å²) in [6, 6.07) is 20.6. The van der Waals surface area contributed by atoms with E-state index in [1.165, 1.54) is 5.56 Å². The predicted octanol–water partition coefficient (Wildman–Crippen LogP) is 4.21. The zero-order valence-electron chi connectivity index (χ0n) is 14.6. The van der Waals surface area contributed by atoms with Gasteiger partial charge in [0.25, 0.3) is 0 Å². The molecule has 4 nitrogen and oxygen atoms in total. The summed E-state index contributed by atoms with van der Waals surface area (Å²) in [6.07, 6.45) is 0.346. The lowest BCUT2D eigenvalue weighted by molar-refractivity contribution is -0.129. The number of fused-ring (bicyclic) bond motifs is 1. The Balaban J connectivity index is 1.67. The number of hydrogen-bond acceptors (Lipinski definition) is 4. The first kappa shape index (κ1) is 16.7. The summed E-state index contributed by atoms with van der Waals surface area (Å²) in [5.74, 6) is 0.669. The van der Waals surface area contributed by atoms with Crippen LogP contribution in [0.1, 0.15) is 23.5 Å². The lowest BCUT2D eigenvalue weighted by Crippen LogP contribution is -2.47. The Morgan fingerprint density at radius 2 is 1.85 bits per heavy atom. The van der Waals surface area contributed by atoms with Crippen molar-refractivity contribution in [2.24, 2.45) is 0 Å². The maximum atomic E-state index is 12.9. The molecule has 5 heteroatoms. The summed E-state index contributed by atoms with van der Waals surface area (Å²) < 4.78 is 0. The van der Waals surface area contributed by atoms with Gasteiger partial charge in [0, 0.05) is 18.0 Å². The van der Waals surface area contributed by atoms with Gasteiger partial charge in [-0.25, -0.2) is 0 Å². The van der Waals surface area contributed by atoms with E-state index in [1.807, 2.05) is 61.5 Å². The smallest absolute Gasteiger partial charge is 0.229 e. The molecule has 2 aliphatic heterocycles. The molecule has 2 heterocycles. The van der Waals surface area contributed by atoms with E-state index in [0.29, 0.717) is 18.7 Å². The number of amides is 1. The zero-order valence-corrected chi connectivity index (χ0v) is 15.4. The average Bonchev–Trinajstić information content (AvgIpc) is 2.69. The Morgan fingerprint density at radius 3 is 2.54 bits per heavy atom. The molecule has 1 amide bonds. The van der Waals surface area contributed by atoms with Crippen LogP contribution >= 0.6 is 11.8 Å². The van der Waals surface area contributed by atoms with Crippen LogP contribution in [0.2, 0.25) is 0 Å². The van der Waals surface area contributed by atoms with Gasteiger partial charge in [0.15, 0.2) is 0 Å². The molecule has 2 aliphatic rings. The van der Waals surface area contributed by atoms with E-state index in [-0.39, 0.29) is 11.8 Å². The first-order valence-electron chi connectivity index (χ1n) is 8.61. The predicted molar refractivity (Wildman–Crippen MR) is 104 cm³/mol. The van der Waals surface area contributed by atoms with Crippen LogP contribution in [0, 0.1) is 18.3 Å². The second-order valence-corrected chi connectivity index (χ2v) is 7.54. The van der Waals surface area contributed by atoms with E-state index in [4.69, 9.17) is 0 Å². The van der Waals surface area contributed by atoms with Gasteiger partial charge in [-0.1, -0.05) is 59.8 Å². The molecule has 1 atom stereocenters. The Kier molecular flexibility index (Phi) is 4.44. The van der Waals surface area contributed by atoms with Gasteiger partial charge in [-0.2, -0.15) is 5.26 Å². The van der Waals surface area contributed by atoms with Gasteiger partial charge in [-0.15, -0.1) is 0 Å². The van der Waals surface area contributed by atoms with Crippen LogP contribution in [-0.2, 0) is 4.79 Å². The van der Waals surface area contributed by atoms with Crippen molar-refractivity contribution >= 4 is 23.4 Å². The normalized spacial score (nSPS) is 20.0. The van der Waals surface area contributed by atoms with Gasteiger partial charge in [-0.05, 0) is 24.6 Å². The maximum absolute atomic E-state index is 12.9. The lowest BCUT2D eigenvalue weighted by Gasteiger charge is -2.42. The van der Waals surface area contributed by atoms with Gasteiger partial charge in [0.05, 0.1) is 29.2 Å². The topological polar surface area (TPSA) is 47.3 Å². The van der Waals surface area contributed by atoms with Crippen LogP contribution < -0.4 is 4.90 Å². The molecular weight excluding hydrogens is 342 g/mol. The largest absolute Gasteiger partial charge is 0.344 e. The van der Waals surface area contributed by atoms with E-state index >= 15 is 0 Å². The van der Waals surface area contributed by atoms with E-state index in [2.05, 4.69) is 11.0 Å². The van der Waals surface area contributed by atoms with Crippen LogP contribution in [0.3, 0.4) is 0 Å². The summed E-state index contributed by atoms with van der Waals surface area (Å²) in [4.78, 5) is 16.8. The fraction of sp³-hybridized carbons (Fsp3) is 0.238. The van der Waals surface area contributed by atoms with Gasteiger partial charge >= 0.3 is 0 Å². The fourth-order valence-electron chi connectivity index (χ4n) is 3.45. The third-order valence-electron chi connectivity index (χ3n) is 4.89. The van der Waals surface area contributed by atoms with Crippen molar-refractivity contribution in [2.75, 3.05) is 17.4 Å². The maximum Gasteiger partial charge on any atom is 0.229 e. The number of nitrogens with zero attached hydrogens (tertiary/aromatic N) is 3. The van der Waals surface area contributed by atoms with Gasteiger partial charge in [0.1, 0.15) is 0 Å². The molecule has 0 saturated carbocycles. The van der Waals surface area contributed by atoms with Crippen molar-refractivity contribution in [3.8, 4) is 6.07 Å². The van der Waals surface area contributed by atoms with Crippen LogP contribution in [0.5, 0.6) is 0 Å². The van der Waals surface area contributed by atoms with E-state index in [9.17, 15) is 10.1 Å². The molecule has 0 spiro atoms. The molecule has 2 aromatic carbocycles. The Morgan fingerprint density at radius 1 is 1.12 bits per heavy atom. The average molecular weight is 361 g/mol.